The van der Waals surface area contributed by atoms with Crippen molar-refractivity contribution < 1.29 is 0 Å². The van der Waals surface area contributed by atoms with Crippen LogP contribution in [0.25, 0.3) is 0 Å². The Morgan fingerprint density at radius 3 is 1.36 bits per heavy atom. The van der Waals surface area contributed by atoms with Crippen LogP contribution in [-0.4, -0.2) is 0 Å². The summed E-state index contributed by atoms with van der Waals surface area (Å²) in [6.45, 7) is 15.3. The molecule has 6 unspecified atom stereocenters. The van der Waals surface area contributed by atoms with E-state index < -0.39 is 0 Å². The van der Waals surface area contributed by atoms with Crippen molar-refractivity contribution in [2.75, 3.05) is 0 Å². The molecule has 14 heavy (non-hydrogen) atoms. The van der Waals surface area contributed by atoms with Crippen molar-refractivity contribution in [2.45, 2.75) is 48.0 Å². The lowest BCUT2D eigenvalue weighted by Crippen LogP contribution is -2.38. The van der Waals surface area contributed by atoms with E-state index in [1.54, 1.807) is 0 Å². The van der Waals surface area contributed by atoms with Crippen LogP contribution in [0, 0.1) is 39.9 Å². The first kappa shape index (κ1) is 9.24. The van der Waals surface area contributed by atoms with Crippen LogP contribution >= 0.6 is 0 Å². The van der Waals surface area contributed by atoms with Crippen LogP contribution in [0.4, 0.5) is 0 Å². The third kappa shape index (κ3) is 0.498. The van der Waals surface area contributed by atoms with Crippen LogP contribution in [0.15, 0.2) is 0 Å². The first-order valence-electron chi connectivity index (χ1n) is 6.29. The summed E-state index contributed by atoms with van der Waals surface area (Å²) in [5.41, 5.74) is 1.82. The number of hydrogen-bond donors (Lipinski definition) is 0. The summed E-state index contributed by atoms with van der Waals surface area (Å²) in [6.07, 6.45) is 1.53. The number of hydrogen-bond acceptors (Lipinski definition) is 0. The largest absolute Gasteiger partial charge is 0.0617 e. The van der Waals surface area contributed by atoms with Gasteiger partial charge in [-0.25, -0.2) is 0 Å². The van der Waals surface area contributed by atoms with Crippen molar-refractivity contribution >= 4 is 0 Å². The zero-order valence-corrected chi connectivity index (χ0v) is 10.5. The minimum absolute atomic E-state index is 0.562. The van der Waals surface area contributed by atoms with Gasteiger partial charge in [-0.2, -0.15) is 0 Å². The van der Waals surface area contributed by atoms with Crippen molar-refractivity contribution in [3.8, 4) is 0 Å². The summed E-state index contributed by atoms with van der Waals surface area (Å²) < 4.78 is 0. The molecule has 0 aromatic carbocycles. The lowest BCUT2D eigenvalue weighted by atomic mass is 9.60. The summed E-state index contributed by atoms with van der Waals surface area (Å²) in [5.74, 6) is 3.96. The van der Waals surface area contributed by atoms with Crippen molar-refractivity contribution in [2.24, 2.45) is 39.9 Å². The van der Waals surface area contributed by atoms with Crippen molar-refractivity contribution in [3.63, 3.8) is 0 Å². The average Bonchev–Trinajstić information content (AvgIpc) is 2.58. The zero-order chi connectivity index (χ0) is 10.5. The highest BCUT2D eigenvalue weighted by Gasteiger charge is 2.81. The fourth-order valence-corrected chi connectivity index (χ4v) is 6.37. The van der Waals surface area contributed by atoms with Gasteiger partial charge in [-0.1, -0.05) is 41.5 Å². The molecule has 4 aliphatic rings. The molecule has 0 amide bonds. The van der Waals surface area contributed by atoms with E-state index in [0.717, 1.165) is 23.7 Å². The van der Waals surface area contributed by atoms with Crippen LogP contribution in [0.1, 0.15) is 48.0 Å². The van der Waals surface area contributed by atoms with E-state index in [2.05, 4.69) is 41.5 Å². The maximum absolute atomic E-state index is 2.58. The van der Waals surface area contributed by atoms with E-state index in [0.29, 0.717) is 16.2 Å². The van der Waals surface area contributed by atoms with Crippen LogP contribution in [0.5, 0.6) is 0 Å². The predicted molar refractivity (Wildman–Crippen MR) is 59.9 cm³/mol. The summed E-state index contributed by atoms with van der Waals surface area (Å²) in [4.78, 5) is 0. The molecule has 0 nitrogen and oxygen atoms in total. The molecule has 0 saturated heterocycles. The number of rotatable bonds is 0. The van der Waals surface area contributed by atoms with Gasteiger partial charge in [0.15, 0.2) is 0 Å². The Bertz CT molecular complexity index is 275. The molecule has 0 radical (unpaired) electrons. The molecule has 4 rings (SSSR count). The summed E-state index contributed by atoms with van der Waals surface area (Å²) in [7, 11) is 0. The highest BCUT2D eigenvalue weighted by molar-refractivity contribution is 5.29. The molecular formula is C14H24. The Morgan fingerprint density at radius 2 is 1.14 bits per heavy atom. The van der Waals surface area contributed by atoms with Gasteiger partial charge >= 0.3 is 0 Å². The second-order valence-electron chi connectivity index (χ2n) is 7.22. The average molecular weight is 192 g/mol. The Balaban J connectivity index is 2.27. The quantitative estimate of drug-likeness (QED) is 0.545. The Kier molecular flexibility index (Phi) is 1.29. The fourth-order valence-electron chi connectivity index (χ4n) is 6.37. The van der Waals surface area contributed by atoms with E-state index >= 15 is 0 Å². The molecule has 4 fully saturated rings. The van der Waals surface area contributed by atoms with Gasteiger partial charge in [-0.15, -0.1) is 0 Å². The smallest absolute Gasteiger partial charge is 0.0210 e. The molecule has 0 heteroatoms. The van der Waals surface area contributed by atoms with E-state index in [-0.39, 0.29) is 0 Å². The van der Waals surface area contributed by atoms with Gasteiger partial charge in [0.1, 0.15) is 0 Å². The second-order valence-corrected chi connectivity index (χ2v) is 7.22. The van der Waals surface area contributed by atoms with Crippen LogP contribution in [0.2, 0.25) is 0 Å². The van der Waals surface area contributed by atoms with Gasteiger partial charge in [0.25, 0.3) is 0 Å². The highest BCUT2D eigenvalue weighted by Crippen LogP contribution is 2.87. The molecule has 0 aliphatic heterocycles. The maximum Gasteiger partial charge on any atom is -0.0210 e. The normalized spacial score (nSPS) is 68.1. The lowest BCUT2D eigenvalue weighted by Gasteiger charge is -2.44. The minimum atomic E-state index is 0.562. The lowest BCUT2D eigenvalue weighted by molar-refractivity contribution is 0.0375. The van der Waals surface area contributed by atoms with Gasteiger partial charge < -0.3 is 0 Å². The van der Waals surface area contributed by atoms with E-state index in [1.165, 1.54) is 6.42 Å². The SMILES string of the molecule is CC1C2CC3C(C)C2(C)C(C)(C)C13C. The molecule has 0 aromatic heterocycles. The van der Waals surface area contributed by atoms with Gasteiger partial charge in [0.2, 0.25) is 0 Å². The van der Waals surface area contributed by atoms with Crippen molar-refractivity contribution in [3.05, 3.63) is 0 Å². The molecular weight excluding hydrogens is 168 g/mol. The van der Waals surface area contributed by atoms with Gasteiger partial charge in [-0.3, -0.25) is 0 Å². The molecule has 6 atom stereocenters. The molecule has 4 aliphatic carbocycles. The third-order valence-corrected chi connectivity index (χ3v) is 7.84. The molecule has 0 spiro atoms. The summed E-state index contributed by atoms with van der Waals surface area (Å²) in [5, 5.41) is 0. The monoisotopic (exact) mass is 192 g/mol. The van der Waals surface area contributed by atoms with Gasteiger partial charge in [0.05, 0.1) is 0 Å². The van der Waals surface area contributed by atoms with Crippen LogP contribution in [0.3, 0.4) is 0 Å². The highest BCUT2D eigenvalue weighted by atomic mass is 14.9. The molecule has 0 aromatic rings. The maximum atomic E-state index is 2.58. The van der Waals surface area contributed by atoms with Crippen LogP contribution < -0.4 is 0 Å². The molecule has 80 valence electrons. The minimum Gasteiger partial charge on any atom is -0.0617 e. The molecule has 4 bridgehead atoms. The molecule has 0 heterocycles. The van der Waals surface area contributed by atoms with Crippen molar-refractivity contribution in [1.29, 1.82) is 0 Å². The summed E-state index contributed by atoms with van der Waals surface area (Å²) in [6, 6.07) is 0. The zero-order valence-electron chi connectivity index (χ0n) is 10.5. The Hall–Kier alpha value is 0. The summed E-state index contributed by atoms with van der Waals surface area (Å²) >= 11 is 0. The van der Waals surface area contributed by atoms with Crippen LogP contribution in [-0.2, 0) is 0 Å². The molecule has 0 N–H and O–H groups in total. The fraction of sp³-hybridized carbons (Fsp3) is 1.00. The van der Waals surface area contributed by atoms with E-state index in [1.807, 2.05) is 0 Å². The molecule has 4 saturated carbocycles. The Labute approximate surface area is 88.5 Å². The van der Waals surface area contributed by atoms with E-state index in [9.17, 15) is 0 Å². The van der Waals surface area contributed by atoms with Crippen molar-refractivity contribution in [1.82, 2.24) is 0 Å². The first-order valence-corrected chi connectivity index (χ1v) is 6.29. The van der Waals surface area contributed by atoms with Gasteiger partial charge in [0, 0.05) is 0 Å². The standard InChI is InChI=1S/C14H24/c1-8-10-7-11-9(2)14(10,6)12(3,4)13(8,11)5/h8-11H,7H2,1-6H3. The third-order valence-electron chi connectivity index (χ3n) is 7.84. The predicted octanol–water partition coefficient (Wildman–Crippen LogP) is 3.96. The second kappa shape index (κ2) is 1.95. The van der Waals surface area contributed by atoms with Gasteiger partial charge in [-0.05, 0) is 46.3 Å². The topological polar surface area (TPSA) is 0 Å². The van der Waals surface area contributed by atoms with E-state index in [4.69, 9.17) is 0 Å². The first-order chi connectivity index (χ1) is 6.29. The Morgan fingerprint density at radius 1 is 0.786 bits per heavy atom.